The van der Waals surface area contributed by atoms with Crippen LogP contribution in [-0.2, 0) is 11.2 Å². The molecule has 0 spiro atoms. The Morgan fingerprint density at radius 1 is 1.06 bits per heavy atom. The number of halogens is 3. The van der Waals surface area contributed by atoms with Crippen LogP contribution in [0.5, 0.6) is 0 Å². The van der Waals surface area contributed by atoms with Crippen molar-refractivity contribution in [3.63, 3.8) is 0 Å². The number of hydrogen-bond acceptors (Lipinski definition) is 5. The van der Waals surface area contributed by atoms with Crippen LogP contribution in [0.2, 0.25) is 0 Å². The molecule has 0 aliphatic carbocycles. The molecule has 4 nitrogen and oxygen atoms in total. The summed E-state index contributed by atoms with van der Waals surface area (Å²) in [5.41, 5.74) is -2.92. The van der Waals surface area contributed by atoms with E-state index >= 15 is 0 Å². The van der Waals surface area contributed by atoms with E-state index in [2.05, 4.69) is 5.32 Å². The lowest BCUT2D eigenvalue weighted by atomic mass is 10.1. The van der Waals surface area contributed by atoms with E-state index < -0.39 is 17.4 Å². The van der Waals surface area contributed by atoms with E-state index in [0.717, 1.165) is 10.4 Å². The quantitative estimate of drug-likeness (QED) is 0.325. The van der Waals surface area contributed by atoms with Gasteiger partial charge in [-0.25, -0.2) is 4.79 Å². The fraction of sp³-hybridized carbons (Fsp3) is 0.182. The first-order valence-electron chi connectivity index (χ1n) is 9.26. The number of benzene rings is 2. The second-order valence-electron chi connectivity index (χ2n) is 6.36. The average Bonchev–Trinajstić information content (AvgIpc) is 3.10. The van der Waals surface area contributed by atoms with Gasteiger partial charge in [-0.15, -0.1) is 11.3 Å². The van der Waals surface area contributed by atoms with Crippen LogP contribution < -0.4 is 5.32 Å². The fourth-order valence-electron chi connectivity index (χ4n) is 2.76. The van der Waals surface area contributed by atoms with Crippen molar-refractivity contribution in [1.29, 1.82) is 0 Å². The molecule has 0 fully saturated rings. The third-order valence-electron chi connectivity index (χ3n) is 4.08. The molecule has 1 amide bonds. The van der Waals surface area contributed by atoms with Crippen molar-refractivity contribution < 1.29 is 27.5 Å². The van der Waals surface area contributed by atoms with Gasteiger partial charge in [-0.3, -0.25) is 4.79 Å². The van der Waals surface area contributed by atoms with Gasteiger partial charge in [-0.05, 0) is 54.6 Å². The number of alkyl halides is 3. The molecular formula is C22H18F3NO3S2. The molecule has 2 aromatic carbocycles. The summed E-state index contributed by atoms with van der Waals surface area (Å²) in [6.45, 7) is 1.88. The largest absolute Gasteiger partial charge is 0.462 e. The molecule has 9 heteroatoms. The number of hydrogen-bond donors (Lipinski definition) is 1. The van der Waals surface area contributed by atoms with Gasteiger partial charge in [0.2, 0.25) is 0 Å². The number of esters is 1. The van der Waals surface area contributed by atoms with Gasteiger partial charge in [-0.1, -0.05) is 30.3 Å². The van der Waals surface area contributed by atoms with Gasteiger partial charge in [0.05, 0.1) is 12.2 Å². The first kappa shape index (κ1) is 22.9. The first-order valence-corrected chi connectivity index (χ1v) is 10.9. The standard InChI is InChI=1S/C22H18F3NO3S2/c1-2-29-21(28)18-13-17(12-14-6-4-3-5-7-14)30-20(18)26-19(27)15-8-10-16(11-9-15)31-22(23,24)25/h3-11,13H,2,12H2,1H3,(H,26,27). The van der Waals surface area contributed by atoms with Gasteiger partial charge in [0.15, 0.2) is 0 Å². The van der Waals surface area contributed by atoms with Gasteiger partial charge in [0.1, 0.15) is 5.00 Å². The lowest BCUT2D eigenvalue weighted by Gasteiger charge is -2.08. The highest BCUT2D eigenvalue weighted by molar-refractivity contribution is 8.00. The predicted molar refractivity (Wildman–Crippen MR) is 116 cm³/mol. The maximum Gasteiger partial charge on any atom is 0.446 e. The molecule has 1 aromatic heterocycles. The zero-order valence-corrected chi connectivity index (χ0v) is 18.0. The van der Waals surface area contributed by atoms with E-state index in [4.69, 9.17) is 4.74 Å². The Hall–Kier alpha value is -2.78. The van der Waals surface area contributed by atoms with Crippen molar-refractivity contribution >= 4 is 40.0 Å². The number of thiophene rings is 1. The number of amides is 1. The summed E-state index contributed by atoms with van der Waals surface area (Å²) in [5.74, 6) is -1.08. The number of anilines is 1. The number of ether oxygens (including phenoxy) is 1. The minimum absolute atomic E-state index is 0.0162. The zero-order chi connectivity index (χ0) is 22.4. The predicted octanol–water partition coefficient (Wildman–Crippen LogP) is 6.38. The summed E-state index contributed by atoms with van der Waals surface area (Å²) in [5, 5.41) is 3.03. The van der Waals surface area contributed by atoms with Crippen LogP contribution in [0.25, 0.3) is 0 Å². The fourth-order valence-corrected chi connectivity index (χ4v) is 4.38. The van der Waals surface area contributed by atoms with Crippen LogP contribution in [0.4, 0.5) is 18.2 Å². The third kappa shape index (κ3) is 6.60. The molecule has 0 saturated heterocycles. The van der Waals surface area contributed by atoms with Gasteiger partial charge in [-0.2, -0.15) is 13.2 Å². The lowest BCUT2D eigenvalue weighted by Crippen LogP contribution is -2.14. The molecule has 1 N–H and O–H groups in total. The van der Waals surface area contributed by atoms with Crippen molar-refractivity contribution in [3.05, 3.63) is 82.2 Å². The molecular weight excluding hydrogens is 447 g/mol. The SMILES string of the molecule is CCOC(=O)c1cc(Cc2ccccc2)sc1NC(=O)c1ccc(SC(F)(F)F)cc1. The van der Waals surface area contributed by atoms with Crippen LogP contribution in [-0.4, -0.2) is 24.0 Å². The van der Waals surface area contributed by atoms with Gasteiger partial charge < -0.3 is 10.1 Å². The van der Waals surface area contributed by atoms with E-state index in [1.54, 1.807) is 13.0 Å². The molecule has 0 saturated carbocycles. The Bertz CT molecular complexity index is 1050. The van der Waals surface area contributed by atoms with E-state index in [0.29, 0.717) is 11.4 Å². The monoisotopic (exact) mass is 465 g/mol. The highest BCUT2D eigenvalue weighted by atomic mass is 32.2. The van der Waals surface area contributed by atoms with Crippen molar-refractivity contribution in [2.24, 2.45) is 0 Å². The maximum absolute atomic E-state index is 12.6. The molecule has 0 atom stereocenters. The minimum atomic E-state index is -4.40. The van der Waals surface area contributed by atoms with Crippen molar-refractivity contribution in [1.82, 2.24) is 0 Å². The van der Waals surface area contributed by atoms with Crippen molar-refractivity contribution in [2.45, 2.75) is 23.7 Å². The van der Waals surface area contributed by atoms with E-state index in [9.17, 15) is 22.8 Å². The molecule has 0 aliphatic heterocycles. The zero-order valence-electron chi connectivity index (χ0n) is 16.4. The number of rotatable bonds is 7. The van der Waals surface area contributed by atoms with Crippen LogP contribution in [0.15, 0.2) is 65.6 Å². The number of carbonyl (C=O) groups is 2. The second kappa shape index (κ2) is 10.0. The van der Waals surface area contributed by atoms with Crippen LogP contribution in [0.3, 0.4) is 0 Å². The summed E-state index contributed by atoms with van der Waals surface area (Å²) < 4.78 is 42.5. The van der Waals surface area contributed by atoms with Crippen LogP contribution >= 0.6 is 23.1 Å². The summed E-state index contributed by atoms with van der Waals surface area (Å²) in [6.07, 6.45) is 0.581. The highest BCUT2D eigenvalue weighted by Crippen LogP contribution is 2.37. The van der Waals surface area contributed by atoms with Crippen LogP contribution in [0, 0.1) is 0 Å². The number of thioether (sulfide) groups is 1. The van der Waals surface area contributed by atoms with E-state index in [1.165, 1.54) is 35.6 Å². The second-order valence-corrected chi connectivity index (χ2v) is 8.64. The van der Waals surface area contributed by atoms with Crippen molar-refractivity contribution in [3.8, 4) is 0 Å². The summed E-state index contributed by atoms with van der Waals surface area (Å²) in [6, 6.07) is 16.4. The molecule has 0 bridgehead atoms. The average molecular weight is 466 g/mol. The van der Waals surface area contributed by atoms with Gasteiger partial charge in [0.25, 0.3) is 5.91 Å². The molecule has 3 aromatic rings. The van der Waals surface area contributed by atoms with E-state index in [1.807, 2.05) is 30.3 Å². The summed E-state index contributed by atoms with van der Waals surface area (Å²) >= 11 is 1.01. The Balaban J connectivity index is 1.80. The lowest BCUT2D eigenvalue weighted by molar-refractivity contribution is -0.0328. The smallest absolute Gasteiger partial charge is 0.446 e. The number of nitrogens with one attached hydrogen (secondary N) is 1. The van der Waals surface area contributed by atoms with Crippen molar-refractivity contribution in [2.75, 3.05) is 11.9 Å². The first-order chi connectivity index (χ1) is 14.7. The molecule has 0 radical (unpaired) electrons. The third-order valence-corrected chi connectivity index (χ3v) is 5.87. The summed E-state index contributed by atoms with van der Waals surface area (Å²) in [4.78, 5) is 25.8. The maximum atomic E-state index is 12.6. The molecule has 3 rings (SSSR count). The highest BCUT2D eigenvalue weighted by Gasteiger charge is 2.29. The van der Waals surface area contributed by atoms with Gasteiger partial charge >= 0.3 is 11.5 Å². The Morgan fingerprint density at radius 3 is 2.35 bits per heavy atom. The molecule has 0 aliphatic rings. The Labute approximate surface area is 185 Å². The minimum Gasteiger partial charge on any atom is -0.462 e. The van der Waals surface area contributed by atoms with Gasteiger partial charge in [0, 0.05) is 21.8 Å². The molecule has 0 unspecified atom stereocenters. The molecule has 162 valence electrons. The van der Waals surface area contributed by atoms with E-state index in [-0.39, 0.29) is 34.4 Å². The number of carbonyl (C=O) groups excluding carboxylic acids is 2. The molecule has 31 heavy (non-hydrogen) atoms. The van der Waals surface area contributed by atoms with Crippen LogP contribution in [0.1, 0.15) is 38.1 Å². The molecule has 1 heterocycles. The Kier molecular flexibility index (Phi) is 7.40. The topological polar surface area (TPSA) is 55.4 Å². The Morgan fingerprint density at radius 2 is 1.74 bits per heavy atom. The summed E-state index contributed by atoms with van der Waals surface area (Å²) in [7, 11) is 0. The normalized spacial score (nSPS) is 11.2.